The first kappa shape index (κ1) is 23.8. The lowest BCUT2D eigenvalue weighted by Gasteiger charge is -2.33. The van der Waals surface area contributed by atoms with Crippen LogP contribution in [0, 0.1) is 11.3 Å². The molecule has 1 fully saturated rings. The summed E-state index contributed by atoms with van der Waals surface area (Å²) in [6, 6.07) is 3.68. The molecule has 1 aliphatic rings. The first-order valence-electron chi connectivity index (χ1n) is 9.96. The monoisotopic (exact) mass is 443 g/mol. The SMILES string of the molecule is CC1CCCN(C(=O)CNC(=O)OC(CN(C)S(=O)c2cccs2)C(C)(C)C)C1. The Morgan fingerprint density at radius 2 is 2.17 bits per heavy atom. The number of likely N-dealkylation sites (tertiary alicyclic amines) is 1. The molecule has 3 atom stereocenters. The number of hydrogen-bond acceptors (Lipinski definition) is 5. The van der Waals surface area contributed by atoms with Crippen molar-refractivity contribution in [3.63, 3.8) is 0 Å². The number of nitrogens with zero attached hydrogens (tertiary/aromatic N) is 2. The van der Waals surface area contributed by atoms with Crippen LogP contribution in [-0.2, 0) is 20.5 Å². The van der Waals surface area contributed by atoms with Gasteiger partial charge >= 0.3 is 6.09 Å². The van der Waals surface area contributed by atoms with Crippen LogP contribution in [0.5, 0.6) is 0 Å². The van der Waals surface area contributed by atoms with Crippen LogP contribution in [0.15, 0.2) is 21.7 Å². The number of thiophene rings is 1. The van der Waals surface area contributed by atoms with Gasteiger partial charge in [0.1, 0.15) is 27.8 Å². The molecule has 1 saturated heterocycles. The van der Waals surface area contributed by atoms with Gasteiger partial charge in [-0.2, -0.15) is 0 Å². The fourth-order valence-corrected chi connectivity index (χ4v) is 5.25. The number of carbonyl (C=O) groups is 2. The van der Waals surface area contributed by atoms with Gasteiger partial charge in [-0.1, -0.05) is 33.8 Å². The molecule has 0 bridgehead atoms. The van der Waals surface area contributed by atoms with Crippen molar-refractivity contribution < 1.29 is 18.5 Å². The van der Waals surface area contributed by atoms with E-state index >= 15 is 0 Å². The third-order valence-electron chi connectivity index (χ3n) is 4.98. The quantitative estimate of drug-likeness (QED) is 0.702. The highest BCUT2D eigenvalue weighted by molar-refractivity contribution is 7.85. The van der Waals surface area contributed by atoms with Gasteiger partial charge in [-0.25, -0.2) is 13.3 Å². The van der Waals surface area contributed by atoms with Gasteiger partial charge in [0.15, 0.2) is 0 Å². The maximum absolute atomic E-state index is 12.6. The predicted molar refractivity (Wildman–Crippen MR) is 116 cm³/mol. The molecule has 2 rings (SSSR count). The summed E-state index contributed by atoms with van der Waals surface area (Å²) >= 11 is 1.43. The predicted octanol–water partition coefficient (Wildman–Crippen LogP) is 3.10. The van der Waals surface area contributed by atoms with Gasteiger partial charge in [0.2, 0.25) is 5.91 Å². The molecule has 1 aromatic heterocycles. The normalized spacial score (nSPS) is 19.7. The topological polar surface area (TPSA) is 79.0 Å². The number of piperidine rings is 1. The van der Waals surface area contributed by atoms with E-state index in [2.05, 4.69) is 12.2 Å². The van der Waals surface area contributed by atoms with E-state index in [1.807, 2.05) is 38.3 Å². The molecule has 1 N–H and O–H groups in total. The van der Waals surface area contributed by atoms with Crippen LogP contribution in [0.25, 0.3) is 0 Å². The number of nitrogens with one attached hydrogen (secondary N) is 1. The molecular weight excluding hydrogens is 410 g/mol. The highest BCUT2D eigenvalue weighted by Crippen LogP contribution is 2.25. The fourth-order valence-electron chi connectivity index (χ4n) is 3.15. The molecule has 2 amide bonds. The molecule has 2 heterocycles. The van der Waals surface area contributed by atoms with Crippen molar-refractivity contribution in [3.8, 4) is 0 Å². The van der Waals surface area contributed by atoms with E-state index in [0.29, 0.717) is 12.5 Å². The van der Waals surface area contributed by atoms with Crippen LogP contribution >= 0.6 is 11.3 Å². The third-order valence-corrected chi connectivity index (χ3v) is 7.56. The van der Waals surface area contributed by atoms with Crippen LogP contribution < -0.4 is 5.32 Å². The lowest BCUT2D eigenvalue weighted by molar-refractivity contribution is -0.131. The number of amides is 2. The van der Waals surface area contributed by atoms with Gasteiger partial charge in [0, 0.05) is 32.1 Å². The van der Waals surface area contributed by atoms with Crippen LogP contribution in [0.2, 0.25) is 0 Å². The number of hydrogen-bond donors (Lipinski definition) is 1. The van der Waals surface area contributed by atoms with Crippen molar-refractivity contribution in [1.82, 2.24) is 14.5 Å². The van der Waals surface area contributed by atoms with Gasteiger partial charge in [0.25, 0.3) is 0 Å². The summed E-state index contributed by atoms with van der Waals surface area (Å²) in [6.07, 6.45) is 1.02. The second kappa shape index (κ2) is 10.5. The fraction of sp³-hybridized carbons (Fsp3) is 0.700. The highest BCUT2D eigenvalue weighted by atomic mass is 32.2. The standard InChI is InChI=1S/C20H33N3O4S2/c1-15-8-6-10-23(13-15)17(24)12-21-19(25)27-16(20(2,3)4)14-22(5)29(26)18-9-7-11-28-18/h7,9,11,15-16H,6,8,10,12-14H2,1-5H3,(H,21,25). The minimum atomic E-state index is -1.31. The van der Waals surface area contributed by atoms with Crippen LogP contribution in [0.3, 0.4) is 0 Å². The van der Waals surface area contributed by atoms with Gasteiger partial charge in [0.05, 0.1) is 0 Å². The minimum absolute atomic E-state index is 0.0701. The summed E-state index contributed by atoms with van der Waals surface area (Å²) in [7, 11) is 0.441. The molecule has 9 heteroatoms. The minimum Gasteiger partial charge on any atom is -0.444 e. The van der Waals surface area contributed by atoms with E-state index in [4.69, 9.17) is 4.74 Å². The molecule has 7 nitrogen and oxygen atoms in total. The van der Waals surface area contributed by atoms with Crippen LogP contribution in [0.1, 0.15) is 40.5 Å². The summed E-state index contributed by atoms with van der Waals surface area (Å²) in [6.45, 7) is 9.75. The highest BCUT2D eigenvalue weighted by Gasteiger charge is 2.31. The number of alkyl carbamates (subject to hydrolysis) is 1. The largest absolute Gasteiger partial charge is 0.444 e. The Labute approximate surface area is 180 Å². The molecule has 1 aliphatic heterocycles. The molecule has 0 aliphatic carbocycles. The lowest BCUT2D eigenvalue weighted by atomic mass is 9.89. The average Bonchev–Trinajstić information content (AvgIpc) is 3.18. The van der Waals surface area contributed by atoms with Gasteiger partial charge < -0.3 is 15.0 Å². The van der Waals surface area contributed by atoms with Crippen LogP contribution in [0.4, 0.5) is 4.79 Å². The van der Waals surface area contributed by atoms with Crippen molar-refractivity contribution in [2.24, 2.45) is 11.3 Å². The molecule has 0 spiro atoms. The number of rotatable bonds is 7. The van der Waals surface area contributed by atoms with E-state index in [-0.39, 0.29) is 17.9 Å². The molecule has 164 valence electrons. The first-order valence-corrected chi connectivity index (χ1v) is 12.0. The number of carbonyl (C=O) groups excluding carboxylic acids is 2. The molecule has 1 aromatic rings. The van der Waals surface area contributed by atoms with Crippen molar-refractivity contribution >= 4 is 34.3 Å². The van der Waals surface area contributed by atoms with Gasteiger partial charge in [-0.15, -0.1) is 11.3 Å². The van der Waals surface area contributed by atoms with Gasteiger partial charge in [-0.3, -0.25) is 4.79 Å². The second-order valence-electron chi connectivity index (χ2n) is 8.69. The van der Waals surface area contributed by atoms with Crippen molar-refractivity contribution in [1.29, 1.82) is 0 Å². The zero-order valence-corrected chi connectivity index (χ0v) is 19.6. The second-order valence-corrected chi connectivity index (χ2v) is 11.5. The van der Waals surface area contributed by atoms with E-state index in [1.165, 1.54) is 11.3 Å². The maximum atomic E-state index is 12.6. The summed E-state index contributed by atoms with van der Waals surface area (Å²) in [4.78, 5) is 26.5. The zero-order chi connectivity index (χ0) is 21.6. The maximum Gasteiger partial charge on any atom is 0.407 e. The third kappa shape index (κ3) is 7.38. The Hall–Kier alpha value is -1.45. The Kier molecular flexibility index (Phi) is 8.66. The van der Waals surface area contributed by atoms with Crippen molar-refractivity contribution in [2.75, 3.05) is 33.2 Å². The van der Waals surface area contributed by atoms with Crippen LogP contribution in [-0.4, -0.2) is 64.7 Å². The zero-order valence-electron chi connectivity index (χ0n) is 18.0. The van der Waals surface area contributed by atoms with Crippen molar-refractivity contribution in [3.05, 3.63) is 17.5 Å². The van der Waals surface area contributed by atoms with Crippen molar-refractivity contribution in [2.45, 2.75) is 50.8 Å². The van der Waals surface area contributed by atoms with E-state index in [0.717, 1.165) is 30.1 Å². The summed E-state index contributed by atoms with van der Waals surface area (Å²) in [5.74, 6) is 0.404. The Morgan fingerprint density at radius 1 is 1.45 bits per heavy atom. The Balaban J connectivity index is 1.88. The molecule has 0 aromatic carbocycles. The average molecular weight is 444 g/mol. The lowest BCUT2D eigenvalue weighted by Crippen LogP contribution is -2.47. The number of ether oxygens (including phenoxy) is 1. The molecular formula is C20H33N3O4S2. The van der Waals surface area contributed by atoms with Gasteiger partial charge in [-0.05, 0) is 30.2 Å². The summed E-state index contributed by atoms with van der Waals surface area (Å²) < 4.78 is 20.7. The number of likely N-dealkylation sites (N-methyl/N-ethyl adjacent to an activating group) is 1. The van der Waals surface area contributed by atoms with E-state index < -0.39 is 23.2 Å². The molecule has 3 unspecified atom stereocenters. The summed E-state index contributed by atoms with van der Waals surface area (Å²) in [5.41, 5.74) is -0.350. The Bertz CT molecular complexity index is 703. The molecule has 0 radical (unpaired) electrons. The summed E-state index contributed by atoms with van der Waals surface area (Å²) in [5, 5.41) is 4.46. The Morgan fingerprint density at radius 3 is 2.76 bits per heavy atom. The molecule has 0 saturated carbocycles. The van der Waals surface area contributed by atoms with E-state index in [1.54, 1.807) is 16.3 Å². The molecule has 29 heavy (non-hydrogen) atoms. The first-order chi connectivity index (χ1) is 13.6. The van der Waals surface area contributed by atoms with E-state index in [9.17, 15) is 13.8 Å². The smallest absolute Gasteiger partial charge is 0.407 e.